The largest absolute Gasteiger partial charge is 0.305 e. The first-order chi connectivity index (χ1) is 8.75. The molecule has 1 aliphatic heterocycles. The third-order valence-corrected chi connectivity index (χ3v) is 4.07. The smallest absolute Gasteiger partial charge is 0.0112 e. The molecule has 2 rings (SSSR count). The number of benzene rings is 1. The molecule has 0 radical (unpaired) electrons. The summed E-state index contributed by atoms with van der Waals surface area (Å²) in [6.45, 7) is 7.35. The van der Waals surface area contributed by atoms with Crippen molar-refractivity contribution >= 4 is 0 Å². The Morgan fingerprint density at radius 2 is 1.83 bits per heavy atom. The van der Waals surface area contributed by atoms with E-state index in [1.54, 1.807) is 0 Å². The van der Waals surface area contributed by atoms with Crippen molar-refractivity contribution in [2.75, 3.05) is 33.2 Å². The molecule has 1 aromatic rings. The second-order valence-electron chi connectivity index (χ2n) is 5.57. The van der Waals surface area contributed by atoms with E-state index in [1.165, 1.54) is 51.0 Å². The molecule has 0 aliphatic carbocycles. The van der Waals surface area contributed by atoms with E-state index in [0.29, 0.717) is 6.04 Å². The average Bonchev–Trinajstić information content (AvgIpc) is 2.62. The lowest BCUT2D eigenvalue weighted by Crippen LogP contribution is -2.36. The van der Waals surface area contributed by atoms with E-state index in [-0.39, 0.29) is 0 Å². The highest BCUT2D eigenvalue weighted by Gasteiger charge is 2.17. The Morgan fingerprint density at radius 3 is 2.61 bits per heavy atom. The second-order valence-corrected chi connectivity index (χ2v) is 5.57. The van der Waals surface area contributed by atoms with E-state index < -0.39 is 0 Å². The molecule has 0 bridgehead atoms. The highest BCUT2D eigenvalue weighted by molar-refractivity contribution is 5.14. The number of aryl methyl sites for hydroxylation is 1. The number of hydrogen-bond acceptors (Lipinski definition) is 2. The van der Waals surface area contributed by atoms with Crippen LogP contribution in [0, 0.1) is 0 Å². The van der Waals surface area contributed by atoms with Crippen molar-refractivity contribution in [2.45, 2.75) is 32.2 Å². The number of rotatable bonds is 4. The Balaban J connectivity index is 1.78. The van der Waals surface area contributed by atoms with E-state index in [9.17, 15) is 0 Å². The van der Waals surface area contributed by atoms with Crippen molar-refractivity contribution in [1.29, 1.82) is 0 Å². The highest BCUT2D eigenvalue weighted by atomic mass is 15.2. The third-order valence-electron chi connectivity index (χ3n) is 4.07. The molecule has 0 spiro atoms. The summed E-state index contributed by atoms with van der Waals surface area (Å²) in [6, 6.07) is 11.6. The summed E-state index contributed by atoms with van der Waals surface area (Å²) in [5, 5.41) is 0. The van der Waals surface area contributed by atoms with Gasteiger partial charge in [-0.25, -0.2) is 0 Å². The molecule has 0 N–H and O–H groups in total. The first-order valence-electron chi connectivity index (χ1n) is 7.22. The first kappa shape index (κ1) is 13.6. The van der Waals surface area contributed by atoms with Gasteiger partial charge in [0.1, 0.15) is 0 Å². The van der Waals surface area contributed by atoms with Crippen LogP contribution in [0.15, 0.2) is 30.3 Å². The van der Waals surface area contributed by atoms with Gasteiger partial charge in [0.2, 0.25) is 0 Å². The second kappa shape index (κ2) is 6.91. The van der Waals surface area contributed by atoms with E-state index >= 15 is 0 Å². The molecule has 0 amide bonds. The van der Waals surface area contributed by atoms with Crippen LogP contribution in [0.2, 0.25) is 0 Å². The minimum absolute atomic E-state index is 0.705. The van der Waals surface area contributed by atoms with Gasteiger partial charge < -0.3 is 4.90 Å². The summed E-state index contributed by atoms with van der Waals surface area (Å²) >= 11 is 0. The van der Waals surface area contributed by atoms with Gasteiger partial charge in [-0.05, 0) is 51.9 Å². The summed E-state index contributed by atoms with van der Waals surface area (Å²) in [5.74, 6) is 0. The van der Waals surface area contributed by atoms with E-state index in [4.69, 9.17) is 0 Å². The topological polar surface area (TPSA) is 6.48 Å². The number of likely N-dealkylation sites (N-methyl/N-ethyl adjacent to an activating group) is 1. The summed E-state index contributed by atoms with van der Waals surface area (Å²) in [6.07, 6.45) is 3.79. The molecule has 2 nitrogen and oxygen atoms in total. The zero-order valence-corrected chi connectivity index (χ0v) is 11.8. The maximum atomic E-state index is 2.66. The molecule has 1 saturated heterocycles. The summed E-state index contributed by atoms with van der Waals surface area (Å²) in [5.41, 5.74) is 1.47. The lowest BCUT2D eigenvalue weighted by molar-refractivity contribution is 0.206. The lowest BCUT2D eigenvalue weighted by Gasteiger charge is -2.27. The Bertz CT molecular complexity index is 336. The Kier molecular flexibility index (Phi) is 5.21. The standard InChI is InChI=1S/C16H26N2/c1-15(9-10-16-7-4-3-5-8-16)18-12-6-11-17(2)13-14-18/h3-5,7-8,15H,6,9-14H2,1-2H3/t15-/m0/s1. The van der Waals surface area contributed by atoms with Crippen molar-refractivity contribution in [3.05, 3.63) is 35.9 Å². The fourth-order valence-electron chi connectivity index (χ4n) is 2.71. The normalized spacial score (nSPS) is 20.6. The van der Waals surface area contributed by atoms with E-state index in [0.717, 1.165) is 0 Å². The van der Waals surface area contributed by atoms with Crippen molar-refractivity contribution < 1.29 is 0 Å². The van der Waals surface area contributed by atoms with Crippen LogP contribution in [0.1, 0.15) is 25.3 Å². The minimum Gasteiger partial charge on any atom is -0.305 e. The predicted molar refractivity (Wildman–Crippen MR) is 77.9 cm³/mol. The Hall–Kier alpha value is -0.860. The maximum absolute atomic E-state index is 2.66. The van der Waals surface area contributed by atoms with Crippen molar-refractivity contribution in [3.63, 3.8) is 0 Å². The van der Waals surface area contributed by atoms with Crippen LogP contribution in [0.4, 0.5) is 0 Å². The van der Waals surface area contributed by atoms with Gasteiger partial charge in [-0.3, -0.25) is 4.90 Å². The molecule has 1 aromatic carbocycles. The van der Waals surface area contributed by atoms with Crippen LogP contribution in [0.25, 0.3) is 0 Å². The van der Waals surface area contributed by atoms with Crippen LogP contribution in [-0.2, 0) is 6.42 Å². The van der Waals surface area contributed by atoms with Gasteiger partial charge in [-0.2, -0.15) is 0 Å². The average molecular weight is 246 g/mol. The quantitative estimate of drug-likeness (QED) is 0.806. The minimum atomic E-state index is 0.705. The summed E-state index contributed by atoms with van der Waals surface area (Å²) in [7, 11) is 2.23. The predicted octanol–water partition coefficient (Wildman–Crippen LogP) is 2.65. The third kappa shape index (κ3) is 4.11. The van der Waals surface area contributed by atoms with Crippen LogP contribution in [0.3, 0.4) is 0 Å². The van der Waals surface area contributed by atoms with Crippen LogP contribution in [0.5, 0.6) is 0 Å². The molecule has 1 aliphatic rings. The molecule has 18 heavy (non-hydrogen) atoms. The van der Waals surface area contributed by atoms with E-state index in [2.05, 4.69) is 54.1 Å². The lowest BCUT2D eigenvalue weighted by atomic mass is 10.1. The zero-order valence-electron chi connectivity index (χ0n) is 11.8. The van der Waals surface area contributed by atoms with Gasteiger partial charge in [0.05, 0.1) is 0 Å². The van der Waals surface area contributed by atoms with Gasteiger partial charge in [0.15, 0.2) is 0 Å². The molecule has 0 saturated carbocycles. The van der Waals surface area contributed by atoms with E-state index in [1.807, 2.05) is 0 Å². The van der Waals surface area contributed by atoms with Gasteiger partial charge in [-0.15, -0.1) is 0 Å². The fourth-order valence-corrected chi connectivity index (χ4v) is 2.71. The van der Waals surface area contributed by atoms with Crippen molar-refractivity contribution in [3.8, 4) is 0 Å². The molecule has 1 heterocycles. The number of hydrogen-bond donors (Lipinski definition) is 0. The molecule has 100 valence electrons. The summed E-state index contributed by atoms with van der Waals surface area (Å²) < 4.78 is 0. The zero-order chi connectivity index (χ0) is 12.8. The SMILES string of the molecule is C[C@@H](CCc1ccccc1)N1CCCN(C)CC1. The van der Waals surface area contributed by atoms with Gasteiger partial charge in [0.25, 0.3) is 0 Å². The molecular weight excluding hydrogens is 220 g/mol. The molecule has 0 aromatic heterocycles. The summed E-state index contributed by atoms with van der Waals surface area (Å²) in [4.78, 5) is 5.11. The van der Waals surface area contributed by atoms with Gasteiger partial charge >= 0.3 is 0 Å². The van der Waals surface area contributed by atoms with Crippen LogP contribution >= 0.6 is 0 Å². The maximum Gasteiger partial charge on any atom is 0.0112 e. The molecular formula is C16H26N2. The highest BCUT2D eigenvalue weighted by Crippen LogP contribution is 2.12. The molecule has 2 heteroatoms. The fraction of sp³-hybridized carbons (Fsp3) is 0.625. The monoisotopic (exact) mass is 246 g/mol. The first-order valence-corrected chi connectivity index (χ1v) is 7.22. The number of nitrogens with zero attached hydrogens (tertiary/aromatic N) is 2. The Morgan fingerprint density at radius 1 is 1.06 bits per heavy atom. The molecule has 1 atom stereocenters. The molecule has 1 fully saturated rings. The van der Waals surface area contributed by atoms with Crippen molar-refractivity contribution in [2.24, 2.45) is 0 Å². The van der Waals surface area contributed by atoms with Gasteiger partial charge in [-0.1, -0.05) is 30.3 Å². The van der Waals surface area contributed by atoms with Crippen molar-refractivity contribution in [1.82, 2.24) is 9.80 Å². The van der Waals surface area contributed by atoms with Crippen LogP contribution < -0.4 is 0 Å². The van der Waals surface area contributed by atoms with Gasteiger partial charge in [0, 0.05) is 19.1 Å². The molecule has 0 unspecified atom stereocenters. The van der Waals surface area contributed by atoms with Crippen LogP contribution in [-0.4, -0.2) is 49.1 Å². The Labute approximate surface area is 112 Å².